The van der Waals surface area contributed by atoms with E-state index < -0.39 is 0 Å². The molecular weight excluding hydrogens is 240 g/mol. The van der Waals surface area contributed by atoms with Gasteiger partial charge in [0.05, 0.1) is 0 Å². The number of hydrogen-bond acceptors (Lipinski definition) is 0. The van der Waals surface area contributed by atoms with Crippen molar-refractivity contribution in [3.05, 3.63) is 65.2 Å². The maximum absolute atomic E-state index is 2.29. The van der Waals surface area contributed by atoms with Crippen molar-refractivity contribution in [2.45, 2.75) is 33.6 Å². The number of allylic oxidation sites excluding steroid dienone is 1. The second kappa shape index (κ2) is 4.94. The molecule has 1 aliphatic carbocycles. The molecule has 0 nitrogen and oxygen atoms in total. The van der Waals surface area contributed by atoms with E-state index in [4.69, 9.17) is 0 Å². The number of benzene rings is 2. The van der Waals surface area contributed by atoms with E-state index in [-0.39, 0.29) is 0 Å². The van der Waals surface area contributed by atoms with Gasteiger partial charge in [-0.15, -0.1) is 0 Å². The standard InChI is InChI=1S/C20H22/c1-20(2,3)14-15-10-12-17(13-11-15)19-9-5-7-16-6-4-8-18(16)19/h4-5,7-13H,6,14H2,1-3H3. The molecule has 0 unspecified atom stereocenters. The Morgan fingerprint density at radius 1 is 0.950 bits per heavy atom. The summed E-state index contributed by atoms with van der Waals surface area (Å²) in [6.07, 6.45) is 6.71. The van der Waals surface area contributed by atoms with Gasteiger partial charge in [-0.25, -0.2) is 0 Å². The zero-order valence-electron chi connectivity index (χ0n) is 12.6. The van der Waals surface area contributed by atoms with Gasteiger partial charge in [-0.3, -0.25) is 0 Å². The molecule has 0 spiro atoms. The van der Waals surface area contributed by atoms with E-state index in [1.165, 1.54) is 27.8 Å². The van der Waals surface area contributed by atoms with Gasteiger partial charge in [0.25, 0.3) is 0 Å². The predicted octanol–water partition coefficient (Wildman–Crippen LogP) is 5.51. The maximum Gasteiger partial charge on any atom is -0.00879 e. The summed E-state index contributed by atoms with van der Waals surface area (Å²) in [7, 11) is 0. The van der Waals surface area contributed by atoms with E-state index in [2.05, 4.69) is 75.4 Å². The molecule has 0 amide bonds. The zero-order valence-corrected chi connectivity index (χ0v) is 12.6. The van der Waals surface area contributed by atoms with Gasteiger partial charge in [-0.2, -0.15) is 0 Å². The van der Waals surface area contributed by atoms with Crippen molar-refractivity contribution in [3.8, 4) is 11.1 Å². The molecule has 0 saturated heterocycles. The minimum atomic E-state index is 0.345. The number of fused-ring (bicyclic) bond motifs is 1. The van der Waals surface area contributed by atoms with Crippen molar-refractivity contribution in [1.82, 2.24) is 0 Å². The van der Waals surface area contributed by atoms with Crippen LogP contribution >= 0.6 is 0 Å². The minimum absolute atomic E-state index is 0.345. The lowest BCUT2D eigenvalue weighted by atomic mass is 9.87. The van der Waals surface area contributed by atoms with Crippen molar-refractivity contribution in [3.63, 3.8) is 0 Å². The first-order valence-corrected chi connectivity index (χ1v) is 7.41. The second-order valence-corrected chi connectivity index (χ2v) is 6.92. The molecule has 0 aromatic heterocycles. The fourth-order valence-electron chi connectivity index (χ4n) is 2.96. The van der Waals surface area contributed by atoms with Gasteiger partial charge in [0, 0.05) is 0 Å². The lowest BCUT2D eigenvalue weighted by Crippen LogP contribution is -2.08. The third-order valence-corrected chi connectivity index (χ3v) is 3.82. The van der Waals surface area contributed by atoms with Crippen LogP contribution in [-0.4, -0.2) is 0 Å². The SMILES string of the molecule is CC(C)(C)Cc1ccc(-c2cccc3c2C=CC3)cc1. The highest BCUT2D eigenvalue weighted by atomic mass is 14.2. The Bertz CT molecular complexity index is 637. The maximum atomic E-state index is 2.29. The van der Waals surface area contributed by atoms with Crippen molar-refractivity contribution < 1.29 is 0 Å². The van der Waals surface area contributed by atoms with Crippen LogP contribution in [0.1, 0.15) is 37.5 Å². The molecule has 0 aliphatic heterocycles. The summed E-state index contributed by atoms with van der Waals surface area (Å²) in [5, 5.41) is 0. The number of rotatable bonds is 2. The fraction of sp³-hybridized carbons (Fsp3) is 0.300. The van der Waals surface area contributed by atoms with Crippen LogP contribution in [0.3, 0.4) is 0 Å². The van der Waals surface area contributed by atoms with E-state index in [0.717, 1.165) is 12.8 Å². The molecule has 20 heavy (non-hydrogen) atoms. The van der Waals surface area contributed by atoms with E-state index in [1.807, 2.05) is 0 Å². The highest BCUT2D eigenvalue weighted by molar-refractivity contribution is 5.79. The van der Waals surface area contributed by atoms with Gasteiger partial charge in [-0.1, -0.05) is 75.4 Å². The summed E-state index contributed by atoms with van der Waals surface area (Å²) in [6.45, 7) is 6.86. The fourth-order valence-corrected chi connectivity index (χ4v) is 2.96. The molecule has 0 radical (unpaired) electrons. The van der Waals surface area contributed by atoms with E-state index in [0.29, 0.717) is 5.41 Å². The molecule has 0 atom stereocenters. The van der Waals surface area contributed by atoms with Crippen LogP contribution < -0.4 is 0 Å². The quantitative estimate of drug-likeness (QED) is 0.669. The molecular formula is C20H22. The van der Waals surface area contributed by atoms with Crippen LogP contribution in [0, 0.1) is 5.41 Å². The summed E-state index contributed by atoms with van der Waals surface area (Å²) in [5.41, 5.74) is 7.30. The lowest BCUT2D eigenvalue weighted by Gasteiger charge is -2.18. The molecule has 0 heteroatoms. The molecule has 102 valence electrons. The highest BCUT2D eigenvalue weighted by Crippen LogP contribution is 2.31. The summed E-state index contributed by atoms with van der Waals surface area (Å²) in [6, 6.07) is 15.7. The van der Waals surface area contributed by atoms with Gasteiger partial charge >= 0.3 is 0 Å². The van der Waals surface area contributed by atoms with Crippen LogP contribution in [0.4, 0.5) is 0 Å². The predicted molar refractivity (Wildman–Crippen MR) is 87.8 cm³/mol. The topological polar surface area (TPSA) is 0 Å². The number of hydrogen-bond donors (Lipinski definition) is 0. The lowest BCUT2D eigenvalue weighted by molar-refractivity contribution is 0.411. The van der Waals surface area contributed by atoms with E-state index >= 15 is 0 Å². The van der Waals surface area contributed by atoms with Crippen LogP contribution in [-0.2, 0) is 12.8 Å². The van der Waals surface area contributed by atoms with Crippen LogP contribution in [0.15, 0.2) is 48.5 Å². The van der Waals surface area contributed by atoms with Gasteiger partial charge in [0.15, 0.2) is 0 Å². The molecule has 1 aliphatic rings. The normalized spacial score (nSPS) is 13.6. The molecule has 2 aromatic carbocycles. The summed E-state index contributed by atoms with van der Waals surface area (Å²) < 4.78 is 0. The largest absolute Gasteiger partial charge is 0.0795 e. The van der Waals surface area contributed by atoms with E-state index in [9.17, 15) is 0 Å². The minimum Gasteiger partial charge on any atom is -0.0795 e. The van der Waals surface area contributed by atoms with Crippen molar-refractivity contribution in [2.24, 2.45) is 5.41 Å². The average Bonchev–Trinajstić information content (AvgIpc) is 2.86. The summed E-state index contributed by atoms with van der Waals surface area (Å²) >= 11 is 0. The van der Waals surface area contributed by atoms with Crippen molar-refractivity contribution in [2.75, 3.05) is 0 Å². The third-order valence-electron chi connectivity index (χ3n) is 3.82. The molecule has 0 heterocycles. The first kappa shape index (κ1) is 13.2. The molecule has 0 N–H and O–H groups in total. The van der Waals surface area contributed by atoms with Crippen LogP contribution in [0.25, 0.3) is 17.2 Å². The molecule has 0 fully saturated rings. The summed E-state index contributed by atoms with van der Waals surface area (Å²) in [4.78, 5) is 0. The molecule has 3 rings (SSSR count). The van der Waals surface area contributed by atoms with E-state index in [1.54, 1.807) is 0 Å². The van der Waals surface area contributed by atoms with Gasteiger partial charge < -0.3 is 0 Å². The Morgan fingerprint density at radius 2 is 1.70 bits per heavy atom. The highest BCUT2D eigenvalue weighted by Gasteiger charge is 2.13. The Kier molecular flexibility index (Phi) is 3.25. The van der Waals surface area contributed by atoms with Crippen molar-refractivity contribution in [1.29, 1.82) is 0 Å². The second-order valence-electron chi connectivity index (χ2n) is 6.92. The Morgan fingerprint density at radius 3 is 2.40 bits per heavy atom. The smallest absolute Gasteiger partial charge is 0.00879 e. The van der Waals surface area contributed by atoms with Gasteiger partial charge in [0.2, 0.25) is 0 Å². The first-order valence-electron chi connectivity index (χ1n) is 7.41. The summed E-state index contributed by atoms with van der Waals surface area (Å²) in [5.74, 6) is 0. The van der Waals surface area contributed by atoms with Crippen LogP contribution in [0.5, 0.6) is 0 Å². The van der Waals surface area contributed by atoms with Crippen LogP contribution in [0.2, 0.25) is 0 Å². The molecule has 2 aromatic rings. The third kappa shape index (κ3) is 2.70. The first-order chi connectivity index (χ1) is 9.53. The monoisotopic (exact) mass is 262 g/mol. The molecule has 0 saturated carbocycles. The Labute approximate surface area is 122 Å². The molecule has 0 bridgehead atoms. The van der Waals surface area contributed by atoms with Gasteiger partial charge in [-0.05, 0) is 46.1 Å². The van der Waals surface area contributed by atoms with Gasteiger partial charge in [0.1, 0.15) is 0 Å². The Hall–Kier alpha value is -1.82. The van der Waals surface area contributed by atoms with Crippen molar-refractivity contribution >= 4 is 6.08 Å². The zero-order chi connectivity index (χ0) is 14.2. The average molecular weight is 262 g/mol. The Balaban J connectivity index is 1.93.